The van der Waals surface area contributed by atoms with E-state index in [9.17, 15) is 9.18 Å². The van der Waals surface area contributed by atoms with E-state index in [0.29, 0.717) is 27.5 Å². The van der Waals surface area contributed by atoms with Crippen LogP contribution in [-0.4, -0.2) is 17.1 Å². The maximum Gasteiger partial charge on any atom is 0.271 e. The minimum atomic E-state index is -0.369. The zero-order chi connectivity index (χ0) is 27.0. The van der Waals surface area contributed by atoms with Gasteiger partial charge in [0.25, 0.3) is 5.91 Å². The Hall–Kier alpha value is -4.53. The fourth-order valence-corrected chi connectivity index (χ4v) is 4.59. The topological polar surface area (TPSA) is 75.6 Å². The van der Waals surface area contributed by atoms with E-state index in [2.05, 4.69) is 20.8 Å². The molecule has 5 rings (SSSR count). The van der Waals surface area contributed by atoms with E-state index in [-0.39, 0.29) is 18.3 Å². The Balaban J connectivity index is 1.20. The first-order valence-corrected chi connectivity index (χ1v) is 13.2. The summed E-state index contributed by atoms with van der Waals surface area (Å²) in [6.45, 7) is 0.168. The van der Waals surface area contributed by atoms with Crippen molar-refractivity contribution >= 4 is 45.9 Å². The molecule has 0 aliphatic rings. The normalized spacial score (nSPS) is 10.9. The molecule has 194 valence electrons. The number of rotatable bonds is 9. The monoisotopic (exact) mass is 556 g/mol. The standard InChI is InChI=1S/C30H22ClFN4O2S/c31-24-13-14-28(38-18-20-5-4-6-25(32)15-20)23(16-24)17-33-36-29(37)22-11-9-21(10-12-22)27-19-39-30(35-27)34-26-7-2-1-3-8-26/h1-17,19H,18H2,(H,34,35)(H,36,37)/b33-17-. The Bertz CT molecular complexity index is 1610. The average Bonchev–Trinajstić information content (AvgIpc) is 3.41. The number of carbonyl (C=O) groups is 1. The fraction of sp³-hybridized carbons (Fsp3) is 0.0333. The lowest BCUT2D eigenvalue weighted by atomic mass is 10.1. The first-order valence-electron chi connectivity index (χ1n) is 11.9. The van der Waals surface area contributed by atoms with Crippen LogP contribution < -0.4 is 15.5 Å². The molecular weight excluding hydrogens is 535 g/mol. The molecule has 5 aromatic rings. The fourth-order valence-electron chi connectivity index (χ4n) is 3.67. The second-order valence-electron chi connectivity index (χ2n) is 8.41. The van der Waals surface area contributed by atoms with Gasteiger partial charge >= 0.3 is 0 Å². The van der Waals surface area contributed by atoms with Crippen molar-refractivity contribution in [1.82, 2.24) is 10.4 Å². The van der Waals surface area contributed by atoms with Crippen molar-refractivity contribution in [3.05, 3.63) is 130 Å². The molecule has 1 amide bonds. The number of amides is 1. The van der Waals surface area contributed by atoms with Gasteiger partial charge < -0.3 is 10.1 Å². The van der Waals surface area contributed by atoms with E-state index < -0.39 is 0 Å². The van der Waals surface area contributed by atoms with Crippen LogP contribution in [0.4, 0.5) is 15.2 Å². The second-order valence-corrected chi connectivity index (χ2v) is 9.70. The van der Waals surface area contributed by atoms with Crippen molar-refractivity contribution in [1.29, 1.82) is 0 Å². The summed E-state index contributed by atoms with van der Waals surface area (Å²) in [6.07, 6.45) is 1.45. The van der Waals surface area contributed by atoms with Gasteiger partial charge in [-0.1, -0.05) is 54.1 Å². The molecule has 39 heavy (non-hydrogen) atoms. The van der Waals surface area contributed by atoms with Crippen LogP contribution in [0, 0.1) is 5.82 Å². The minimum Gasteiger partial charge on any atom is -0.488 e. The zero-order valence-electron chi connectivity index (χ0n) is 20.5. The highest BCUT2D eigenvalue weighted by Crippen LogP contribution is 2.27. The number of hydrogen-bond acceptors (Lipinski definition) is 6. The number of hydrazone groups is 1. The Morgan fingerprint density at radius 3 is 2.62 bits per heavy atom. The van der Waals surface area contributed by atoms with Crippen LogP contribution in [0.3, 0.4) is 0 Å². The molecule has 0 saturated carbocycles. The first kappa shape index (κ1) is 26.1. The SMILES string of the molecule is O=C(N/N=C\c1cc(Cl)ccc1OCc1cccc(F)c1)c1ccc(-c2csc(Nc3ccccc3)n2)cc1. The average molecular weight is 557 g/mol. The summed E-state index contributed by atoms with van der Waals surface area (Å²) in [5.74, 6) is -0.205. The van der Waals surface area contributed by atoms with Crippen molar-refractivity contribution in [2.24, 2.45) is 5.10 Å². The molecule has 2 N–H and O–H groups in total. The van der Waals surface area contributed by atoms with E-state index >= 15 is 0 Å². The molecule has 6 nitrogen and oxygen atoms in total. The molecule has 0 spiro atoms. The molecule has 0 unspecified atom stereocenters. The van der Waals surface area contributed by atoms with Crippen molar-refractivity contribution < 1.29 is 13.9 Å². The van der Waals surface area contributed by atoms with Crippen LogP contribution in [-0.2, 0) is 6.61 Å². The van der Waals surface area contributed by atoms with Gasteiger partial charge in [0.15, 0.2) is 5.13 Å². The predicted molar refractivity (Wildman–Crippen MR) is 155 cm³/mol. The van der Waals surface area contributed by atoms with E-state index in [1.54, 1.807) is 42.5 Å². The first-order chi connectivity index (χ1) is 19.0. The third-order valence-corrected chi connectivity index (χ3v) is 6.59. The Morgan fingerprint density at radius 2 is 1.82 bits per heavy atom. The van der Waals surface area contributed by atoms with Crippen LogP contribution in [0.2, 0.25) is 5.02 Å². The number of benzene rings is 4. The van der Waals surface area contributed by atoms with Crippen LogP contribution in [0.15, 0.2) is 108 Å². The second kappa shape index (κ2) is 12.3. The van der Waals surface area contributed by atoms with Crippen molar-refractivity contribution in [3.8, 4) is 17.0 Å². The van der Waals surface area contributed by atoms with Gasteiger partial charge in [0.05, 0.1) is 11.9 Å². The van der Waals surface area contributed by atoms with Crippen LogP contribution in [0.1, 0.15) is 21.5 Å². The summed E-state index contributed by atoms with van der Waals surface area (Å²) in [5, 5.41) is 10.6. The van der Waals surface area contributed by atoms with Gasteiger partial charge in [-0.2, -0.15) is 5.10 Å². The summed E-state index contributed by atoms with van der Waals surface area (Å²) in [5.41, 5.74) is 6.90. The Kier molecular flexibility index (Phi) is 8.26. The Morgan fingerprint density at radius 1 is 1.00 bits per heavy atom. The number of carbonyl (C=O) groups excluding carboxylic acids is 1. The Labute approximate surface area is 233 Å². The molecule has 0 atom stereocenters. The third-order valence-electron chi connectivity index (χ3n) is 5.60. The van der Waals surface area contributed by atoms with Crippen LogP contribution in [0.5, 0.6) is 5.75 Å². The number of nitrogens with one attached hydrogen (secondary N) is 2. The summed E-state index contributed by atoms with van der Waals surface area (Å²) in [6, 6.07) is 28.2. The number of halogens is 2. The summed E-state index contributed by atoms with van der Waals surface area (Å²) >= 11 is 7.64. The van der Waals surface area contributed by atoms with Crippen molar-refractivity contribution in [3.63, 3.8) is 0 Å². The maximum atomic E-state index is 13.5. The van der Waals surface area contributed by atoms with Crippen LogP contribution >= 0.6 is 22.9 Å². The zero-order valence-corrected chi connectivity index (χ0v) is 22.0. The maximum absolute atomic E-state index is 13.5. The highest BCUT2D eigenvalue weighted by atomic mass is 35.5. The number of ether oxygens (including phenoxy) is 1. The molecule has 9 heteroatoms. The lowest BCUT2D eigenvalue weighted by Crippen LogP contribution is -2.17. The molecule has 1 heterocycles. The third kappa shape index (κ3) is 7.07. The molecule has 0 radical (unpaired) electrons. The molecule has 0 bridgehead atoms. The number of aromatic nitrogens is 1. The number of anilines is 2. The van der Waals surface area contributed by atoms with E-state index in [0.717, 1.165) is 22.1 Å². The highest BCUT2D eigenvalue weighted by Gasteiger charge is 2.09. The van der Waals surface area contributed by atoms with Gasteiger partial charge in [-0.15, -0.1) is 11.3 Å². The summed E-state index contributed by atoms with van der Waals surface area (Å²) in [7, 11) is 0. The molecular formula is C30H22ClFN4O2S. The quantitative estimate of drug-likeness (QED) is 0.144. The lowest BCUT2D eigenvalue weighted by Gasteiger charge is -2.10. The van der Waals surface area contributed by atoms with E-state index in [1.807, 2.05) is 47.8 Å². The summed E-state index contributed by atoms with van der Waals surface area (Å²) in [4.78, 5) is 17.3. The van der Waals surface area contributed by atoms with E-state index in [1.165, 1.54) is 29.7 Å². The number of para-hydroxylation sites is 1. The molecule has 4 aromatic carbocycles. The largest absolute Gasteiger partial charge is 0.488 e. The number of thiazole rings is 1. The smallest absolute Gasteiger partial charge is 0.271 e. The molecule has 0 aliphatic carbocycles. The summed E-state index contributed by atoms with van der Waals surface area (Å²) < 4.78 is 19.3. The molecule has 0 saturated heterocycles. The lowest BCUT2D eigenvalue weighted by molar-refractivity contribution is 0.0955. The van der Waals surface area contributed by atoms with Crippen molar-refractivity contribution in [2.45, 2.75) is 6.61 Å². The van der Waals surface area contributed by atoms with Crippen molar-refractivity contribution in [2.75, 3.05) is 5.32 Å². The minimum absolute atomic E-state index is 0.168. The van der Waals surface area contributed by atoms with Gasteiger partial charge in [-0.25, -0.2) is 14.8 Å². The van der Waals surface area contributed by atoms with Gasteiger partial charge in [0.1, 0.15) is 18.2 Å². The highest BCUT2D eigenvalue weighted by molar-refractivity contribution is 7.14. The van der Waals surface area contributed by atoms with Gasteiger partial charge in [-0.05, 0) is 60.2 Å². The molecule has 0 aliphatic heterocycles. The number of nitrogens with zero attached hydrogens (tertiary/aromatic N) is 2. The van der Waals surface area contributed by atoms with Gasteiger partial charge in [0.2, 0.25) is 0 Å². The number of hydrogen-bond donors (Lipinski definition) is 2. The molecule has 1 aromatic heterocycles. The van der Waals surface area contributed by atoms with Crippen LogP contribution in [0.25, 0.3) is 11.3 Å². The van der Waals surface area contributed by atoms with Gasteiger partial charge in [0, 0.05) is 32.8 Å². The predicted octanol–water partition coefficient (Wildman–Crippen LogP) is 7.69. The van der Waals surface area contributed by atoms with Gasteiger partial charge in [-0.3, -0.25) is 4.79 Å². The van der Waals surface area contributed by atoms with E-state index in [4.69, 9.17) is 16.3 Å². The molecule has 0 fully saturated rings.